The van der Waals surface area contributed by atoms with Crippen molar-refractivity contribution in [1.82, 2.24) is 4.53 Å². The Morgan fingerprint density at radius 2 is 1.69 bits per heavy atom. The lowest BCUT2D eigenvalue weighted by atomic mass is 10.0. The minimum atomic E-state index is -0.933. The molecule has 1 atom stereocenters. The highest BCUT2D eigenvalue weighted by molar-refractivity contribution is 6.26. The fraction of sp³-hybridized carbons (Fsp3) is 0.273. The molecule has 0 radical (unpaired) electrons. The summed E-state index contributed by atoms with van der Waals surface area (Å²) < 4.78 is -0.170. The van der Waals surface area contributed by atoms with Gasteiger partial charge in [0.05, 0.1) is 17.3 Å². The standard InChI is InChI=1S/C22H25Cl2N2O2.ClH/c1-6-16-11-13-18(14-12-16)21(28)26(24,22(3,4)5)25(23)20(27)19-10-8-9-17(7-2)15-19;/h7-15H,2,6H2,1,3-5H3;1H/q+1;. The third kappa shape index (κ3) is 5.01. The number of benzene rings is 2. The predicted octanol–water partition coefficient (Wildman–Crippen LogP) is 6.43. The Morgan fingerprint density at radius 1 is 1.10 bits per heavy atom. The Balaban J connectivity index is 0.00000420. The molecule has 0 N–H and O–H groups in total. The van der Waals surface area contributed by atoms with Crippen LogP contribution >= 0.6 is 36.0 Å². The number of quaternary nitrogens is 1. The lowest BCUT2D eigenvalue weighted by Crippen LogP contribution is -2.64. The van der Waals surface area contributed by atoms with Crippen molar-refractivity contribution in [3.8, 4) is 0 Å². The summed E-state index contributed by atoms with van der Waals surface area (Å²) in [6.45, 7) is 11.0. The summed E-state index contributed by atoms with van der Waals surface area (Å²) in [6.07, 6.45) is 2.48. The van der Waals surface area contributed by atoms with Crippen molar-refractivity contribution in [3.05, 3.63) is 77.4 Å². The predicted molar refractivity (Wildman–Crippen MR) is 122 cm³/mol. The van der Waals surface area contributed by atoms with Crippen molar-refractivity contribution in [2.24, 2.45) is 0 Å². The van der Waals surface area contributed by atoms with E-state index in [9.17, 15) is 9.59 Å². The molecule has 0 aliphatic carbocycles. The molecule has 2 aromatic rings. The number of hydrogen-bond donors (Lipinski definition) is 0. The van der Waals surface area contributed by atoms with Gasteiger partial charge in [-0.1, -0.05) is 48.4 Å². The van der Waals surface area contributed by atoms with Gasteiger partial charge in [-0.3, -0.25) is 4.79 Å². The SMILES string of the molecule is C=Cc1cccc(C(=O)N(Cl)[N+](Cl)(C(=O)c2ccc(CC)cc2)C(C)(C)C)c1.Cl. The summed E-state index contributed by atoms with van der Waals surface area (Å²) in [6, 6.07) is 13.9. The van der Waals surface area contributed by atoms with Gasteiger partial charge in [0.2, 0.25) is 11.8 Å². The number of rotatable bonds is 4. The number of amides is 2. The Morgan fingerprint density at radius 3 is 2.17 bits per heavy atom. The van der Waals surface area contributed by atoms with Gasteiger partial charge in [0.15, 0.2) is 0 Å². The molecule has 0 saturated carbocycles. The van der Waals surface area contributed by atoms with Gasteiger partial charge in [-0.25, -0.2) is 4.79 Å². The van der Waals surface area contributed by atoms with E-state index in [1.54, 1.807) is 57.2 Å². The maximum atomic E-state index is 13.4. The molecule has 29 heavy (non-hydrogen) atoms. The fourth-order valence-corrected chi connectivity index (χ4v) is 3.29. The molecule has 0 bridgehead atoms. The highest BCUT2D eigenvalue weighted by atomic mass is 35.5. The van der Waals surface area contributed by atoms with Crippen LogP contribution in [0.2, 0.25) is 0 Å². The van der Waals surface area contributed by atoms with Gasteiger partial charge in [0.25, 0.3) is 0 Å². The molecule has 156 valence electrons. The molecule has 1 unspecified atom stereocenters. The van der Waals surface area contributed by atoms with Crippen LogP contribution in [0.25, 0.3) is 6.08 Å². The second-order valence-electron chi connectivity index (χ2n) is 7.48. The van der Waals surface area contributed by atoms with Crippen LogP contribution in [0, 0.1) is 0 Å². The van der Waals surface area contributed by atoms with Crippen LogP contribution in [0.5, 0.6) is 0 Å². The van der Waals surface area contributed by atoms with Crippen LogP contribution in [0.4, 0.5) is 0 Å². The fourth-order valence-electron chi connectivity index (χ4n) is 2.73. The van der Waals surface area contributed by atoms with Crippen molar-refractivity contribution in [3.63, 3.8) is 0 Å². The third-order valence-corrected chi connectivity index (χ3v) is 5.82. The Bertz CT molecular complexity index is 892. The van der Waals surface area contributed by atoms with Crippen LogP contribution < -0.4 is 0 Å². The van der Waals surface area contributed by atoms with Crippen molar-refractivity contribution in [1.29, 1.82) is 0 Å². The molecule has 2 amide bonds. The topological polar surface area (TPSA) is 37.4 Å². The number of carbonyl (C=O) groups excluding carboxylic acids is 2. The molecule has 2 aromatic carbocycles. The zero-order valence-electron chi connectivity index (χ0n) is 17.0. The number of aryl methyl sites for hydroxylation is 1. The first kappa shape index (κ1) is 25.2. The molecule has 0 aromatic heterocycles. The molecule has 0 fully saturated rings. The summed E-state index contributed by atoms with van der Waals surface area (Å²) in [5, 5.41) is 0. The van der Waals surface area contributed by atoms with E-state index in [-0.39, 0.29) is 12.4 Å². The molecule has 0 saturated heterocycles. The number of halogens is 3. The van der Waals surface area contributed by atoms with E-state index in [2.05, 4.69) is 6.58 Å². The summed E-state index contributed by atoms with van der Waals surface area (Å²) in [4.78, 5) is 26.4. The second kappa shape index (κ2) is 9.77. The van der Waals surface area contributed by atoms with Crippen LogP contribution in [-0.4, -0.2) is 26.0 Å². The monoisotopic (exact) mass is 455 g/mol. The summed E-state index contributed by atoms with van der Waals surface area (Å²) in [7, 11) is 0. The summed E-state index contributed by atoms with van der Waals surface area (Å²) >= 11 is 13.2. The normalized spacial score (nSPS) is 13.0. The number of carbonyl (C=O) groups is 2. The summed E-state index contributed by atoms with van der Waals surface area (Å²) in [5.74, 6) is -1.06. The molecular weight excluding hydrogens is 431 g/mol. The Labute approximate surface area is 188 Å². The first-order valence-corrected chi connectivity index (χ1v) is 9.69. The van der Waals surface area contributed by atoms with Crippen molar-refractivity contribution in [2.45, 2.75) is 39.7 Å². The average Bonchev–Trinajstić information content (AvgIpc) is 2.70. The van der Waals surface area contributed by atoms with Gasteiger partial charge in [0, 0.05) is 5.56 Å². The maximum absolute atomic E-state index is 13.4. The third-order valence-electron chi connectivity index (χ3n) is 4.55. The molecule has 0 spiro atoms. The lowest BCUT2D eigenvalue weighted by Gasteiger charge is -2.40. The maximum Gasteiger partial charge on any atom is 0.390 e. The zero-order chi connectivity index (χ0) is 21.1. The second-order valence-corrected chi connectivity index (χ2v) is 8.29. The lowest BCUT2D eigenvalue weighted by molar-refractivity contribution is -0.871. The zero-order valence-corrected chi connectivity index (χ0v) is 19.3. The van der Waals surface area contributed by atoms with Crippen molar-refractivity contribution >= 4 is 53.9 Å². The van der Waals surface area contributed by atoms with Crippen molar-refractivity contribution in [2.75, 3.05) is 0 Å². The molecule has 0 heterocycles. The van der Waals surface area contributed by atoms with Crippen LogP contribution in [0.15, 0.2) is 55.1 Å². The van der Waals surface area contributed by atoms with Gasteiger partial charge in [-0.2, -0.15) is 0 Å². The minimum absolute atomic E-state index is 0. The highest BCUT2D eigenvalue weighted by Gasteiger charge is 2.56. The van der Waals surface area contributed by atoms with E-state index in [4.69, 9.17) is 23.6 Å². The van der Waals surface area contributed by atoms with Gasteiger partial charge in [0.1, 0.15) is 5.54 Å². The average molecular weight is 457 g/mol. The van der Waals surface area contributed by atoms with Gasteiger partial charge >= 0.3 is 11.8 Å². The quantitative estimate of drug-likeness (QED) is 0.392. The molecule has 0 aliphatic heterocycles. The van der Waals surface area contributed by atoms with E-state index in [0.717, 1.165) is 22.1 Å². The highest BCUT2D eigenvalue weighted by Crippen LogP contribution is 2.37. The molecular formula is C22H26Cl3N2O2+. The number of hydrogen-bond acceptors (Lipinski definition) is 2. The van der Waals surface area contributed by atoms with Gasteiger partial charge in [-0.15, -0.1) is 12.4 Å². The largest absolute Gasteiger partial charge is 0.390 e. The Kier molecular flexibility index (Phi) is 8.48. The van der Waals surface area contributed by atoms with E-state index in [1.807, 2.05) is 25.1 Å². The van der Waals surface area contributed by atoms with Gasteiger partial charge < -0.3 is 0 Å². The Hall–Kier alpha value is -1.85. The first-order chi connectivity index (χ1) is 13.1. The molecule has 2 rings (SSSR count). The molecule has 7 heteroatoms. The number of nitrogens with zero attached hydrogens (tertiary/aromatic N) is 2. The molecule has 0 aliphatic rings. The first-order valence-electron chi connectivity index (χ1n) is 9.02. The minimum Gasteiger partial charge on any atom is -0.262 e. The van der Waals surface area contributed by atoms with Crippen LogP contribution in [-0.2, 0) is 6.42 Å². The van der Waals surface area contributed by atoms with E-state index in [1.165, 1.54) is 0 Å². The van der Waals surface area contributed by atoms with E-state index >= 15 is 0 Å². The molecule has 4 nitrogen and oxygen atoms in total. The van der Waals surface area contributed by atoms with Crippen molar-refractivity contribution < 1.29 is 13.7 Å². The summed E-state index contributed by atoms with van der Waals surface area (Å²) in [5.41, 5.74) is 1.66. The van der Waals surface area contributed by atoms with Crippen LogP contribution in [0.3, 0.4) is 0 Å². The van der Waals surface area contributed by atoms with E-state index < -0.39 is 21.5 Å². The van der Waals surface area contributed by atoms with Crippen LogP contribution in [0.1, 0.15) is 59.5 Å². The smallest absolute Gasteiger partial charge is 0.262 e. The van der Waals surface area contributed by atoms with E-state index in [0.29, 0.717) is 11.1 Å². The van der Waals surface area contributed by atoms with Gasteiger partial charge in [-0.05, 0) is 66.7 Å².